The first-order valence-corrected chi connectivity index (χ1v) is 0.638. The molecule has 0 N–H and O–H groups in total. The molecule has 0 aliphatic heterocycles. The van der Waals surface area contributed by atoms with Crippen molar-refractivity contribution in [1.82, 2.24) is 0 Å². The molecular weight excluding hydrogens is 326 g/mol. The van der Waals surface area contributed by atoms with Crippen LogP contribution in [0.15, 0.2) is 0 Å². The third-order valence-corrected chi connectivity index (χ3v) is 0.0393. The van der Waals surface area contributed by atoms with Gasteiger partial charge in [0, 0.05) is 0 Å². The Morgan fingerprint density at radius 1 is 1.67 bits per heavy atom. The molecule has 0 heterocycles. The van der Waals surface area contributed by atoms with Crippen LogP contribution in [0.5, 0.6) is 0 Å². The quantitative estimate of drug-likeness (QED) is 0.273. The summed E-state index contributed by atoms with van der Waals surface area (Å²) in [5.41, 5.74) is 0. The molecular formula is CH2Cs2O3. The molecule has 0 aliphatic rings. The number of carbonyl (C=O) groups excluding carboxylic acids is 1. The predicted molar refractivity (Wildman–Crippen MR) is 8.26 cm³/mol. The van der Waals surface area contributed by atoms with E-state index in [1.807, 2.05) is 0 Å². The van der Waals surface area contributed by atoms with E-state index in [1.165, 1.54) is 0 Å². The summed E-state index contributed by atoms with van der Waals surface area (Å²) in [5, 5.41) is 8.43. The average Bonchev–Trinajstić information content (AvgIpc) is 1.37. The van der Waals surface area contributed by atoms with Gasteiger partial charge in [-0.1, -0.05) is 0 Å². The fraction of sp³-hybridized carbons (Fsp3) is 0. The van der Waals surface area contributed by atoms with Gasteiger partial charge in [-0.25, -0.2) is 0 Å². The van der Waals surface area contributed by atoms with Crippen molar-refractivity contribution in [2.24, 2.45) is 0 Å². The number of rotatable bonds is 1. The topological polar surface area (TPSA) is 49.4 Å². The smallest absolute Gasteiger partial charge is 1.00 e. The molecule has 26 valence electrons. The van der Waals surface area contributed by atoms with Crippen molar-refractivity contribution in [3.05, 3.63) is 0 Å². The van der Waals surface area contributed by atoms with E-state index < -0.39 is 0 Å². The summed E-state index contributed by atoms with van der Waals surface area (Å²) in [6.45, 7) is -0.181. The minimum absolute atomic E-state index is 0. The van der Waals surface area contributed by atoms with E-state index in [-0.39, 0.29) is 146 Å². The molecule has 3 nitrogen and oxygen atoms in total. The van der Waals surface area contributed by atoms with Gasteiger partial charge >= 0.3 is 138 Å². The van der Waals surface area contributed by atoms with E-state index in [0.717, 1.165) is 0 Å². The Kier molecular flexibility index (Phi) is 42.9. The summed E-state index contributed by atoms with van der Waals surface area (Å²) < 4.78 is 0. The van der Waals surface area contributed by atoms with Crippen molar-refractivity contribution >= 4 is 6.47 Å². The van der Waals surface area contributed by atoms with Crippen LogP contribution in [0.25, 0.3) is 0 Å². The zero-order chi connectivity index (χ0) is 3.41. The average molecular weight is 328 g/mol. The third kappa shape index (κ3) is 15.6. The van der Waals surface area contributed by atoms with Gasteiger partial charge in [-0.3, -0.25) is 4.79 Å². The van der Waals surface area contributed by atoms with Crippen LogP contribution in [-0.2, 0) is 9.68 Å². The first kappa shape index (κ1) is 16.3. The minimum atomic E-state index is -0.181. The summed E-state index contributed by atoms with van der Waals surface area (Å²) in [4.78, 5) is 11.2. The maximum Gasteiger partial charge on any atom is 1.00 e. The van der Waals surface area contributed by atoms with Crippen LogP contribution < -0.4 is 143 Å². The molecule has 0 aromatic carbocycles. The molecule has 0 spiro atoms. The summed E-state index contributed by atoms with van der Waals surface area (Å²) >= 11 is 0. The van der Waals surface area contributed by atoms with Gasteiger partial charge in [0.25, 0.3) is 6.47 Å². The van der Waals surface area contributed by atoms with E-state index >= 15 is 0 Å². The second-order valence-corrected chi connectivity index (χ2v) is 0.192. The van der Waals surface area contributed by atoms with Crippen molar-refractivity contribution in [2.45, 2.75) is 0 Å². The zero-order valence-corrected chi connectivity index (χ0v) is 16.4. The molecule has 6 heavy (non-hydrogen) atoms. The van der Waals surface area contributed by atoms with Crippen LogP contribution >= 0.6 is 0 Å². The van der Waals surface area contributed by atoms with Gasteiger partial charge in [-0.05, 0) is 0 Å². The van der Waals surface area contributed by atoms with Crippen molar-refractivity contribution in [1.29, 1.82) is 0 Å². The Labute approximate surface area is 155 Å². The molecule has 0 atom stereocenters. The van der Waals surface area contributed by atoms with Crippen molar-refractivity contribution < 1.29 is 154 Å². The Morgan fingerprint density at radius 3 is 1.83 bits per heavy atom. The standard InChI is InChI=1S/CH2O3.2Cs.H/c2-1-4-3;;;/h1,3H;;;/q;2*+1;-1/p-1. The molecule has 5 heteroatoms. The Balaban J connectivity index is -0.0000000150. The van der Waals surface area contributed by atoms with Crippen molar-refractivity contribution in [3.63, 3.8) is 0 Å². The molecule has 0 radical (unpaired) electrons. The molecule has 0 fully saturated rings. The van der Waals surface area contributed by atoms with Gasteiger partial charge in [0.2, 0.25) is 0 Å². The SMILES string of the molecule is O=CO[O-].[Cs+].[Cs+].[H-]. The molecule has 0 unspecified atom stereocenters. The molecule has 0 amide bonds. The van der Waals surface area contributed by atoms with E-state index in [0.29, 0.717) is 0 Å². The number of hydrogen-bond donors (Lipinski definition) is 0. The summed E-state index contributed by atoms with van der Waals surface area (Å²) in [6, 6.07) is 0. The summed E-state index contributed by atoms with van der Waals surface area (Å²) in [6.07, 6.45) is 0. The molecule has 0 aliphatic carbocycles. The van der Waals surface area contributed by atoms with Gasteiger partial charge in [0.1, 0.15) is 0 Å². The van der Waals surface area contributed by atoms with Crippen LogP contribution in [0.4, 0.5) is 0 Å². The second-order valence-electron chi connectivity index (χ2n) is 0.192. The summed E-state index contributed by atoms with van der Waals surface area (Å²) in [5.74, 6) is 0. The number of carbonyl (C=O) groups is 1. The van der Waals surface area contributed by atoms with Gasteiger partial charge in [0.05, 0.1) is 0 Å². The van der Waals surface area contributed by atoms with Gasteiger partial charge in [0.15, 0.2) is 0 Å². The molecule has 0 bridgehead atoms. The van der Waals surface area contributed by atoms with E-state index in [9.17, 15) is 0 Å². The molecule has 0 saturated carbocycles. The van der Waals surface area contributed by atoms with Crippen LogP contribution in [0, 0.1) is 0 Å². The van der Waals surface area contributed by atoms with Crippen LogP contribution in [0.2, 0.25) is 0 Å². The molecule has 0 aromatic rings. The Hall–Kier alpha value is 3.53. The molecule has 0 aromatic heterocycles. The van der Waals surface area contributed by atoms with E-state index in [1.54, 1.807) is 0 Å². The first-order valence-electron chi connectivity index (χ1n) is 0.638. The minimum Gasteiger partial charge on any atom is -1.00 e. The maximum atomic E-state index is 8.64. The van der Waals surface area contributed by atoms with Gasteiger partial charge in [-0.2, -0.15) is 0 Å². The van der Waals surface area contributed by atoms with Crippen LogP contribution in [-0.4, -0.2) is 6.47 Å². The van der Waals surface area contributed by atoms with Crippen molar-refractivity contribution in [2.75, 3.05) is 0 Å². The van der Waals surface area contributed by atoms with E-state index in [4.69, 9.17) is 10.1 Å². The van der Waals surface area contributed by atoms with E-state index in [2.05, 4.69) is 4.89 Å². The number of hydrogen-bond acceptors (Lipinski definition) is 3. The van der Waals surface area contributed by atoms with Crippen LogP contribution in [0.1, 0.15) is 1.43 Å². The third-order valence-electron chi connectivity index (χ3n) is 0.0393. The summed E-state index contributed by atoms with van der Waals surface area (Å²) in [7, 11) is 0. The normalized spacial score (nSPS) is 3.50. The monoisotopic (exact) mass is 328 g/mol. The Bertz CT molecular complexity index is 26.9. The van der Waals surface area contributed by atoms with Gasteiger partial charge in [-0.15, -0.1) is 0 Å². The molecule has 0 saturated heterocycles. The zero-order valence-electron chi connectivity index (χ0n) is 4.80. The largest absolute Gasteiger partial charge is 1.00 e. The maximum absolute atomic E-state index is 8.64. The van der Waals surface area contributed by atoms with Crippen molar-refractivity contribution in [3.8, 4) is 0 Å². The Morgan fingerprint density at radius 2 is 1.83 bits per heavy atom. The first-order chi connectivity index (χ1) is 1.91. The fourth-order valence-corrected chi connectivity index (χ4v) is 0. The second kappa shape index (κ2) is 15.8. The van der Waals surface area contributed by atoms with Crippen LogP contribution in [0.3, 0.4) is 0 Å². The van der Waals surface area contributed by atoms with Gasteiger partial charge < -0.3 is 11.6 Å². The molecule has 0 rings (SSSR count). The predicted octanol–water partition coefficient (Wildman–Crippen LogP) is -7.44. The fourth-order valence-electron chi connectivity index (χ4n) is 0.